The van der Waals surface area contributed by atoms with Crippen molar-refractivity contribution in [2.75, 3.05) is 0 Å². The lowest BCUT2D eigenvalue weighted by atomic mass is 9.41. The predicted octanol–water partition coefficient (Wildman–Crippen LogP) is 10.5. The van der Waals surface area contributed by atoms with E-state index in [0.29, 0.717) is 11.8 Å². The lowest BCUT2D eigenvalue weighted by Crippen LogP contribution is -2.80. The van der Waals surface area contributed by atoms with Gasteiger partial charge in [0.1, 0.15) is 5.60 Å². The molecule has 1 saturated heterocycles. The minimum atomic E-state index is -0.238. The smallest absolute Gasteiger partial charge is 0.115 e. The van der Waals surface area contributed by atoms with Crippen LogP contribution in [0.25, 0.3) is 0 Å². The molecule has 222 valence electrons. The van der Waals surface area contributed by atoms with Crippen molar-refractivity contribution in [3.63, 3.8) is 0 Å². The quantitative estimate of drug-likeness (QED) is 0.354. The summed E-state index contributed by atoms with van der Waals surface area (Å²) < 4.78 is 6.76. The van der Waals surface area contributed by atoms with Crippen molar-refractivity contribution >= 4 is 0 Å². The summed E-state index contributed by atoms with van der Waals surface area (Å²) in [6.45, 7) is 27.5. The maximum atomic E-state index is 7.45. The van der Waals surface area contributed by atoms with E-state index in [1.807, 2.05) is 27.7 Å². The highest BCUT2D eigenvalue weighted by atomic mass is 16.5. The average molecular weight is 538 g/mol. The van der Waals surface area contributed by atoms with Crippen molar-refractivity contribution in [2.24, 2.45) is 34.3 Å². The Bertz CT molecular complexity index is 939. The van der Waals surface area contributed by atoms with Gasteiger partial charge in [0.05, 0.1) is 6.10 Å². The van der Waals surface area contributed by atoms with Gasteiger partial charge in [-0.3, -0.25) is 0 Å². The first-order chi connectivity index (χ1) is 18.2. The molecule has 0 radical (unpaired) electrons. The van der Waals surface area contributed by atoms with E-state index in [1.165, 1.54) is 62.5 Å². The highest BCUT2D eigenvalue weighted by molar-refractivity contribution is 5.50. The van der Waals surface area contributed by atoms with Crippen molar-refractivity contribution < 1.29 is 4.74 Å². The van der Waals surface area contributed by atoms with E-state index in [-0.39, 0.29) is 35.5 Å². The first-order valence-electron chi connectivity index (χ1n) is 16.0. The maximum Gasteiger partial charge on any atom is 0.115 e. The second-order valence-electron chi connectivity index (χ2n) is 12.7. The number of hydrogen-bond donors (Lipinski definition) is 1. The molecule has 5 aliphatic carbocycles. The Morgan fingerprint density at radius 3 is 2.33 bits per heavy atom. The van der Waals surface area contributed by atoms with Gasteiger partial charge < -0.3 is 10.5 Å². The molecule has 0 aromatic rings. The molecule has 0 aromatic heterocycles. The molecule has 5 fully saturated rings. The fraction of sp³-hybridized carbons (Fsp3) is 0.730. The number of ether oxygens (including phenoxy) is 1. The number of hydrogen-bond acceptors (Lipinski definition) is 2. The van der Waals surface area contributed by atoms with E-state index in [1.54, 1.807) is 0 Å². The van der Waals surface area contributed by atoms with Crippen molar-refractivity contribution in [2.45, 2.75) is 144 Å². The molecule has 2 nitrogen and oxygen atoms in total. The van der Waals surface area contributed by atoms with Crippen molar-refractivity contribution in [3.05, 3.63) is 60.8 Å². The molecule has 4 saturated carbocycles. The van der Waals surface area contributed by atoms with Gasteiger partial charge in [-0.25, -0.2) is 0 Å². The summed E-state index contributed by atoms with van der Waals surface area (Å²) in [4.78, 5) is 0. The molecule has 0 amide bonds. The first-order valence-corrected chi connectivity index (χ1v) is 16.0. The molecular formula is C37H63NO. The van der Waals surface area contributed by atoms with Gasteiger partial charge in [0, 0.05) is 11.5 Å². The number of allylic oxidation sites excluding steroid dienone is 5. The van der Waals surface area contributed by atoms with Crippen LogP contribution in [0, 0.1) is 28.6 Å². The summed E-state index contributed by atoms with van der Waals surface area (Å²) in [5.74, 6) is 1.87. The van der Waals surface area contributed by atoms with Crippen LogP contribution in [0.3, 0.4) is 0 Å². The first kappa shape index (κ1) is 33.8. The monoisotopic (exact) mass is 537 g/mol. The summed E-state index contributed by atoms with van der Waals surface area (Å²) >= 11 is 0. The fourth-order valence-corrected chi connectivity index (χ4v) is 9.23. The van der Waals surface area contributed by atoms with Crippen molar-refractivity contribution in [1.82, 2.24) is 0 Å². The van der Waals surface area contributed by atoms with Crippen LogP contribution in [0.4, 0.5) is 0 Å². The summed E-state index contributed by atoms with van der Waals surface area (Å²) in [7, 11) is 0. The Morgan fingerprint density at radius 2 is 1.82 bits per heavy atom. The Hall–Kier alpha value is -1.38. The van der Waals surface area contributed by atoms with E-state index in [9.17, 15) is 0 Å². The largest absolute Gasteiger partial charge is 0.362 e. The van der Waals surface area contributed by atoms with Crippen LogP contribution in [0.5, 0.6) is 0 Å². The van der Waals surface area contributed by atoms with Gasteiger partial charge in [0.2, 0.25) is 0 Å². The minimum Gasteiger partial charge on any atom is -0.362 e. The van der Waals surface area contributed by atoms with Gasteiger partial charge in [-0.15, -0.1) is 6.58 Å². The molecule has 6 aliphatic rings. The molecule has 1 aliphatic heterocycles. The lowest BCUT2D eigenvalue weighted by Gasteiger charge is -2.72. The number of nitrogens with two attached hydrogens (primary N) is 1. The van der Waals surface area contributed by atoms with Crippen LogP contribution in [0.15, 0.2) is 60.8 Å². The van der Waals surface area contributed by atoms with Crippen LogP contribution in [0.1, 0.15) is 127 Å². The molecule has 7 unspecified atom stereocenters. The van der Waals surface area contributed by atoms with Gasteiger partial charge in [0.25, 0.3) is 0 Å². The molecule has 1 spiro atoms. The molecule has 39 heavy (non-hydrogen) atoms. The van der Waals surface area contributed by atoms with Gasteiger partial charge in [0.15, 0.2) is 0 Å². The Morgan fingerprint density at radius 1 is 1.15 bits per heavy atom. The molecule has 1 heterocycles. The van der Waals surface area contributed by atoms with E-state index in [2.05, 4.69) is 64.8 Å². The lowest BCUT2D eigenvalue weighted by molar-refractivity contribution is -0.298. The third-order valence-electron chi connectivity index (χ3n) is 11.2. The standard InChI is InChI=1S/C26H37NO.C6H10.2C2H6.CH4/c1-6-7-11-24(17(2)3)12-10-21-23(24,5)16-20-22-25(21,27)13-9-19-15-18(4)8-14-26(19,22)28-20;1-2-6-4-3-5-6;2*1-2;/h8,14-15,20-22H,2,4,6-7,9-13,16,27H2,1,3,5H3;2,6H,1,3-5H2;2*1-2H3;1H4. The van der Waals surface area contributed by atoms with E-state index in [4.69, 9.17) is 10.5 Å². The third kappa shape index (κ3) is 5.12. The second-order valence-corrected chi connectivity index (χ2v) is 12.7. The van der Waals surface area contributed by atoms with Gasteiger partial charge in [-0.2, -0.15) is 0 Å². The van der Waals surface area contributed by atoms with Crippen LogP contribution in [-0.2, 0) is 4.74 Å². The van der Waals surface area contributed by atoms with E-state index in [0.717, 1.165) is 30.8 Å². The molecule has 0 bridgehead atoms. The predicted molar refractivity (Wildman–Crippen MR) is 173 cm³/mol. The molecular weight excluding hydrogens is 474 g/mol. The van der Waals surface area contributed by atoms with Gasteiger partial charge in [-0.1, -0.05) is 105 Å². The molecule has 7 atom stereocenters. The Balaban J connectivity index is 0.000000419. The summed E-state index contributed by atoms with van der Waals surface area (Å²) in [6, 6.07) is 0. The Labute approximate surface area is 243 Å². The number of rotatable bonds is 5. The third-order valence-corrected chi connectivity index (χ3v) is 11.2. The van der Waals surface area contributed by atoms with Crippen molar-refractivity contribution in [3.8, 4) is 0 Å². The van der Waals surface area contributed by atoms with E-state index < -0.39 is 0 Å². The highest BCUT2D eigenvalue weighted by Gasteiger charge is 2.76. The molecule has 2 N–H and O–H groups in total. The van der Waals surface area contributed by atoms with Crippen molar-refractivity contribution in [1.29, 1.82) is 0 Å². The SMILES string of the molecule is C.C=C1C=CC23OC4CC5(C)C(CCC5(CCCC)C(=C)C)C(N)(CCC2=C1)C43.C=CC1CCC1.CC.CC. The van der Waals surface area contributed by atoms with E-state index >= 15 is 0 Å². The molecule has 6 rings (SSSR count). The maximum absolute atomic E-state index is 7.45. The molecule has 0 aromatic carbocycles. The normalized spacial score (nSPS) is 40.4. The zero-order valence-corrected chi connectivity index (χ0v) is 26.0. The topological polar surface area (TPSA) is 35.2 Å². The van der Waals surface area contributed by atoms with Crippen LogP contribution < -0.4 is 5.73 Å². The summed E-state index contributed by atoms with van der Waals surface area (Å²) in [5.41, 5.74) is 11.4. The zero-order valence-electron chi connectivity index (χ0n) is 26.0. The summed E-state index contributed by atoms with van der Waals surface area (Å²) in [6.07, 6.45) is 22.8. The zero-order chi connectivity index (χ0) is 28.4. The fourth-order valence-electron chi connectivity index (χ4n) is 9.23. The minimum absolute atomic E-state index is 0. The van der Waals surface area contributed by atoms with Crippen LogP contribution >= 0.6 is 0 Å². The van der Waals surface area contributed by atoms with Crippen LogP contribution in [-0.4, -0.2) is 17.2 Å². The Kier molecular flexibility index (Phi) is 11.3. The second kappa shape index (κ2) is 13.1. The van der Waals surface area contributed by atoms with Crippen LogP contribution in [0.2, 0.25) is 0 Å². The number of fused-ring (bicyclic) bond motifs is 2. The molecule has 2 heteroatoms. The summed E-state index contributed by atoms with van der Waals surface area (Å²) in [5, 5.41) is 0. The average Bonchev–Trinajstić information content (AvgIpc) is 3.18. The highest BCUT2D eigenvalue weighted by Crippen LogP contribution is 2.75. The number of unbranched alkanes of at least 4 members (excludes halogenated alkanes) is 1. The van der Waals surface area contributed by atoms with Gasteiger partial charge >= 0.3 is 0 Å². The van der Waals surface area contributed by atoms with Gasteiger partial charge in [-0.05, 0) is 98.2 Å².